The van der Waals surface area contributed by atoms with Crippen LogP contribution in [-0.2, 0) is 0 Å². The summed E-state index contributed by atoms with van der Waals surface area (Å²) >= 11 is 1.95. The predicted molar refractivity (Wildman–Crippen MR) is 255 cm³/mol. The average molecular weight is 790 g/mol. The van der Waals surface area contributed by atoms with E-state index in [-0.39, 0.29) is 6.71 Å². The van der Waals surface area contributed by atoms with Gasteiger partial charge in [-0.1, -0.05) is 122 Å². The molecule has 3 aliphatic heterocycles. The molecule has 3 aliphatic rings. The van der Waals surface area contributed by atoms with E-state index in [1.807, 2.05) is 11.3 Å². The zero-order valence-corrected chi connectivity index (χ0v) is 34.4. The molecule has 0 saturated carbocycles. The smallest absolute Gasteiger partial charge is 0.264 e. The molecule has 0 bridgehead atoms. The third-order valence-electron chi connectivity index (χ3n) is 13.0. The molecule has 0 spiro atoms. The summed E-state index contributed by atoms with van der Waals surface area (Å²) in [5, 5.41) is 6.47. The van der Waals surface area contributed by atoms with Crippen LogP contribution in [0.4, 0.5) is 51.2 Å². The van der Waals surface area contributed by atoms with Crippen LogP contribution in [0.15, 0.2) is 186 Å². The molecule has 10 aromatic rings. The van der Waals surface area contributed by atoms with Gasteiger partial charge in [-0.25, -0.2) is 0 Å². The minimum atomic E-state index is -2.36. The third-order valence-corrected chi connectivity index (χ3v) is 17.7. The molecular weight excluding hydrogens is 754 g/mol. The van der Waals surface area contributed by atoms with Gasteiger partial charge >= 0.3 is 0 Å². The van der Waals surface area contributed by atoms with E-state index < -0.39 is 8.07 Å². The van der Waals surface area contributed by atoms with Gasteiger partial charge in [0.25, 0.3) is 6.71 Å². The minimum Gasteiger partial charge on any atom is -0.456 e. The van der Waals surface area contributed by atoms with E-state index in [1.165, 1.54) is 70.3 Å². The lowest BCUT2D eigenvalue weighted by Gasteiger charge is -2.49. The van der Waals surface area contributed by atoms with Crippen molar-refractivity contribution in [3.8, 4) is 0 Å². The van der Waals surface area contributed by atoms with E-state index in [2.05, 4.69) is 210 Å². The molecule has 2 aromatic heterocycles. The largest absolute Gasteiger partial charge is 0.456 e. The summed E-state index contributed by atoms with van der Waals surface area (Å²) in [5.41, 5.74) is 15.6. The normalized spacial score (nSPS) is 14.3. The Labute approximate surface area is 347 Å². The molecule has 8 aromatic carbocycles. The van der Waals surface area contributed by atoms with Crippen molar-refractivity contribution in [2.24, 2.45) is 0 Å². The molecule has 13 rings (SSSR count). The SMILES string of the molecule is C[Si]1(C)c2ccccc2N2c3cccc4c3B(c3ccc(N(c5ccccc5)c5ccccc5)c1c32)c1sc2ccccc2c1N4c1cccc2oc3ccccc3c12. The van der Waals surface area contributed by atoms with Crippen molar-refractivity contribution in [3.63, 3.8) is 0 Å². The molecule has 0 aliphatic carbocycles. The second kappa shape index (κ2) is 12.1. The quantitative estimate of drug-likeness (QED) is 0.166. The summed E-state index contributed by atoms with van der Waals surface area (Å²) in [7, 11) is -2.36. The number of para-hydroxylation sites is 4. The summed E-state index contributed by atoms with van der Waals surface area (Å²) in [5.74, 6) is 0. The van der Waals surface area contributed by atoms with Gasteiger partial charge < -0.3 is 19.1 Å². The molecule has 0 amide bonds. The van der Waals surface area contributed by atoms with Gasteiger partial charge in [-0.3, -0.25) is 0 Å². The van der Waals surface area contributed by atoms with Gasteiger partial charge in [-0.15, -0.1) is 11.3 Å². The lowest BCUT2D eigenvalue weighted by molar-refractivity contribution is 0.669. The molecule has 7 heteroatoms. The van der Waals surface area contributed by atoms with Crippen molar-refractivity contribution in [1.82, 2.24) is 0 Å². The van der Waals surface area contributed by atoms with Gasteiger partial charge in [0.2, 0.25) is 0 Å². The fourth-order valence-electron chi connectivity index (χ4n) is 10.6. The van der Waals surface area contributed by atoms with Crippen LogP contribution in [-0.4, -0.2) is 14.8 Å². The number of fused-ring (bicyclic) bond motifs is 11. The van der Waals surface area contributed by atoms with Crippen LogP contribution in [0.1, 0.15) is 0 Å². The van der Waals surface area contributed by atoms with E-state index in [0.717, 1.165) is 39.0 Å². The van der Waals surface area contributed by atoms with Crippen LogP contribution in [0.5, 0.6) is 0 Å². The zero-order valence-electron chi connectivity index (χ0n) is 32.6. The monoisotopic (exact) mass is 789 g/mol. The van der Waals surface area contributed by atoms with Gasteiger partial charge in [0.1, 0.15) is 19.2 Å². The predicted octanol–water partition coefficient (Wildman–Crippen LogP) is 11.5. The van der Waals surface area contributed by atoms with Crippen molar-refractivity contribution in [2.45, 2.75) is 13.1 Å². The van der Waals surface area contributed by atoms with E-state index in [4.69, 9.17) is 4.42 Å². The molecule has 0 N–H and O–H groups in total. The molecule has 4 nitrogen and oxygen atoms in total. The van der Waals surface area contributed by atoms with Crippen LogP contribution >= 0.6 is 11.3 Å². The third kappa shape index (κ3) is 4.43. The van der Waals surface area contributed by atoms with Gasteiger partial charge in [0.05, 0.1) is 16.8 Å². The molecule has 5 heterocycles. The standard InChI is InChI=1S/C52H36BN3OSSi/c1-59(2)46-30-14-11-23-38(46)55-40-25-15-26-41-48(40)53(37-31-32-42(51(59)50(37)55)54(33-17-5-3-6-18-33)34-19-7-4-8-20-34)52-49(36-22-10-13-29-45(36)58-52)56(41)39-24-16-28-44-47(39)35-21-9-12-27-43(35)57-44/h3-32H,1-2H3. The second-order valence-electron chi connectivity index (χ2n) is 16.4. The molecule has 0 radical (unpaired) electrons. The van der Waals surface area contributed by atoms with Crippen LogP contribution in [0.2, 0.25) is 13.1 Å². The first kappa shape index (κ1) is 33.2. The maximum Gasteiger partial charge on any atom is 0.264 e. The van der Waals surface area contributed by atoms with Crippen molar-refractivity contribution in [3.05, 3.63) is 182 Å². The maximum atomic E-state index is 6.53. The molecule has 0 saturated heterocycles. The molecule has 59 heavy (non-hydrogen) atoms. The maximum absolute atomic E-state index is 6.53. The first-order chi connectivity index (χ1) is 29.1. The van der Waals surface area contributed by atoms with Gasteiger partial charge in [0, 0.05) is 60.1 Å². The molecular formula is C52H36BN3OSSi. The number of rotatable bonds is 4. The Balaban J connectivity index is 1.16. The number of anilines is 9. The van der Waals surface area contributed by atoms with Crippen molar-refractivity contribution >= 4 is 135 Å². The summed E-state index contributed by atoms with van der Waals surface area (Å²) in [6.45, 7) is 5.17. The van der Waals surface area contributed by atoms with Crippen molar-refractivity contribution in [1.29, 1.82) is 0 Å². The molecule has 0 atom stereocenters. The first-order valence-electron chi connectivity index (χ1n) is 20.4. The highest BCUT2D eigenvalue weighted by Gasteiger charge is 2.51. The Hall–Kier alpha value is -6.80. The number of hydrogen-bond donors (Lipinski definition) is 0. The van der Waals surface area contributed by atoms with Crippen LogP contribution in [0.25, 0.3) is 32.0 Å². The van der Waals surface area contributed by atoms with E-state index >= 15 is 0 Å². The number of benzene rings is 8. The highest BCUT2D eigenvalue weighted by atomic mass is 32.1. The number of furan rings is 1. The highest BCUT2D eigenvalue weighted by Crippen LogP contribution is 2.51. The van der Waals surface area contributed by atoms with Gasteiger partial charge in [0.15, 0.2) is 0 Å². The average Bonchev–Trinajstić information content (AvgIpc) is 3.86. The summed E-state index contributed by atoms with van der Waals surface area (Å²) in [6.07, 6.45) is 0. The van der Waals surface area contributed by atoms with Gasteiger partial charge in [-0.05, 0) is 94.1 Å². The Morgan fingerprint density at radius 2 is 1.12 bits per heavy atom. The van der Waals surface area contributed by atoms with Crippen LogP contribution in [0.3, 0.4) is 0 Å². The number of hydrogen-bond acceptors (Lipinski definition) is 5. The minimum absolute atomic E-state index is 0.0427. The Morgan fingerprint density at radius 3 is 1.90 bits per heavy atom. The Morgan fingerprint density at radius 1 is 0.525 bits per heavy atom. The Kier molecular flexibility index (Phi) is 6.82. The summed E-state index contributed by atoms with van der Waals surface area (Å²) in [4.78, 5) is 7.69. The molecule has 0 fully saturated rings. The molecule has 0 unspecified atom stereocenters. The topological polar surface area (TPSA) is 22.9 Å². The van der Waals surface area contributed by atoms with Crippen LogP contribution < -0.4 is 40.8 Å². The summed E-state index contributed by atoms with van der Waals surface area (Å²) in [6, 6.07) is 66.9. The summed E-state index contributed by atoms with van der Waals surface area (Å²) < 4.78 is 9.21. The first-order valence-corrected chi connectivity index (χ1v) is 24.2. The molecule has 278 valence electrons. The lowest BCUT2D eigenvalue weighted by Crippen LogP contribution is -2.67. The number of thiophene rings is 1. The zero-order chi connectivity index (χ0) is 39.0. The van der Waals surface area contributed by atoms with Gasteiger partial charge in [-0.2, -0.15) is 0 Å². The van der Waals surface area contributed by atoms with Crippen molar-refractivity contribution in [2.75, 3.05) is 14.7 Å². The van der Waals surface area contributed by atoms with Crippen molar-refractivity contribution < 1.29 is 4.42 Å². The Bertz CT molecular complexity index is 3320. The highest BCUT2D eigenvalue weighted by molar-refractivity contribution is 7.34. The fourth-order valence-corrected chi connectivity index (χ4v) is 15.2. The second-order valence-corrected chi connectivity index (χ2v) is 21.8. The van der Waals surface area contributed by atoms with Crippen LogP contribution in [0, 0.1) is 0 Å². The van der Waals surface area contributed by atoms with E-state index in [0.29, 0.717) is 0 Å². The van der Waals surface area contributed by atoms with E-state index in [9.17, 15) is 0 Å². The lowest BCUT2D eigenvalue weighted by atomic mass is 9.36. The van der Waals surface area contributed by atoms with E-state index in [1.54, 1.807) is 0 Å². The number of nitrogens with zero attached hydrogens (tertiary/aromatic N) is 3. The fraction of sp³-hybridized carbons (Fsp3) is 0.0385.